The summed E-state index contributed by atoms with van der Waals surface area (Å²) in [6, 6.07) is 0. The van der Waals surface area contributed by atoms with E-state index >= 15 is 0 Å². The summed E-state index contributed by atoms with van der Waals surface area (Å²) in [5, 5.41) is 7.05. The van der Waals surface area contributed by atoms with E-state index in [4.69, 9.17) is 11.1 Å². The first kappa shape index (κ1) is 13.3. The van der Waals surface area contributed by atoms with Gasteiger partial charge in [-0.1, -0.05) is 44.7 Å². The molecule has 0 heterocycles. The van der Waals surface area contributed by atoms with Crippen molar-refractivity contribution in [2.45, 2.75) is 20.8 Å². The molecule has 0 aromatic rings. The summed E-state index contributed by atoms with van der Waals surface area (Å²) >= 11 is 0. The third-order valence-electron chi connectivity index (χ3n) is 1.03. The average Bonchev–Trinajstić information content (AvgIpc) is 2.09. The molecule has 2 nitrogen and oxygen atoms in total. The molecule has 0 aliphatic rings. The van der Waals surface area contributed by atoms with Crippen LogP contribution in [0.1, 0.15) is 20.8 Å². The Hall–Kier alpha value is -1.31. The fourth-order valence-corrected chi connectivity index (χ4v) is 0.513. The van der Waals surface area contributed by atoms with Gasteiger partial charge in [0.2, 0.25) is 0 Å². The Balaban J connectivity index is 0. The zero-order valence-electron chi connectivity index (χ0n) is 8.09. The molecule has 0 aliphatic carbocycles. The summed E-state index contributed by atoms with van der Waals surface area (Å²) in [6.07, 6.45) is 6.92. The summed E-state index contributed by atoms with van der Waals surface area (Å²) in [7, 11) is 0. The summed E-state index contributed by atoms with van der Waals surface area (Å²) in [4.78, 5) is 0. The SMILES string of the molecule is C=C/C=C\C(=C/C)C(=N)N.CC. The van der Waals surface area contributed by atoms with Gasteiger partial charge in [-0.2, -0.15) is 0 Å². The summed E-state index contributed by atoms with van der Waals surface area (Å²) in [5.41, 5.74) is 5.94. The largest absolute Gasteiger partial charge is 0.384 e. The lowest BCUT2D eigenvalue weighted by atomic mass is 10.2. The Morgan fingerprint density at radius 3 is 2.17 bits per heavy atom. The van der Waals surface area contributed by atoms with Crippen molar-refractivity contribution in [3.05, 3.63) is 36.5 Å². The fourth-order valence-electron chi connectivity index (χ4n) is 0.513. The zero-order chi connectivity index (χ0) is 9.98. The lowest BCUT2D eigenvalue weighted by Crippen LogP contribution is -2.10. The molecular formula is C10H18N2. The van der Waals surface area contributed by atoms with Gasteiger partial charge in [-0.05, 0) is 6.92 Å². The highest BCUT2D eigenvalue weighted by Gasteiger charge is 1.90. The van der Waals surface area contributed by atoms with Crippen molar-refractivity contribution in [2.75, 3.05) is 0 Å². The smallest absolute Gasteiger partial charge is 0.122 e. The first-order valence-corrected chi connectivity index (χ1v) is 4.02. The van der Waals surface area contributed by atoms with Crippen molar-refractivity contribution >= 4 is 5.84 Å². The van der Waals surface area contributed by atoms with Crippen LogP contribution in [-0.4, -0.2) is 5.84 Å². The number of allylic oxidation sites excluding steroid dienone is 3. The topological polar surface area (TPSA) is 49.9 Å². The van der Waals surface area contributed by atoms with Crippen molar-refractivity contribution in [1.29, 1.82) is 5.41 Å². The molecule has 0 amide bonds. The molecule has 0 fully saturated rings. The van der Waals surface area contributed by atoms with Crippen LogP contribution in [0, 0.1) is 5.41 Å². The normalized spacial score (nSPS) is 10.4. The van der Waals surface area contributed by atoms with Gasteiger partial charge in [-0.3, -0.25) is 5.41 Å². The Morgan fingerprint density at radius 2 is 1.92 bits per heavy atom. The predicted octanol–water partition coefficient (Wildman–Crippen LogP) is 2.64. The van der Waals surface area contributed by atoms with Gasteiger partial charge in [0, 0.05) is 5.57 Å². The van der Waals surface area contributed by atoms with Crippen molar-refractivity contribution in [3.8, 4) is 0 Å². The van der Waals surface area contributed by atoms with Crippen molar-refractivity contribution in [1.82, 2.24) is 0 Å². The second kappa shape index (κ2) is 9.69. The van der Waals surface area contributed by atoms with E-state index in [-0.39, 0.29) is 5.84 Å². The number of rotatable bonds is 3. The Labute approximate surface area is 75.0 Å². The monoisotopic (exact) mass is 166 g/mol. The maximum absolute atomic E-state index is 7.05. The van der Waals surface area contributed by atoms with Crippen LogP contribution in [0.2, 0.25) is 0 Å². The van der Waals surface area contributed by atoms with Gasteiger partial charge >= 0.3 is 0 Å². The van der Waals surface area contributed by atoms with Gasteiger partial charge in [0.05, 0.1) is 0 Å². The van der Waals surface area contributed by atoms with Crippen LogP contribution in [0.25, 0.3) is 0 Å². The molecule has 0 atom stereocenters. The predicted molar refractivity (Wildman–Crippen MR) is 56.4 cm³/mol. The van der Waals surface area contributed by atoms with E-state index in [1.807, 2.05) is 20.8 Å². The quantitative estimate of drug-likeness (QED) is 0.378. The van der Waals surface area contributed by atoms with Crippen molar-refractivity contribution < 1.29 is 0 Å². The van der Waals surface area contributed by atoms with Gasteiger partial charge in [0.1, 0.15) is 5.84 Å². The minimum Gasteiger partial charge on any atom is -0.384 e. The lowest BCUT2D eigenvalue weighted by Gasteiger charge is -1.94. The van der Waals surface area contributed by atoms with E-state index in [9.17, 15) is 0 Å². The van der Waals surface area contributed by atoms with Crippen LogP contribution < -0.4 is 5.73 Å². The third kappa shape index (κ3) is 6.81. The Bertz CT molecular complexity index is 188. The molecule has 2 heteroatoms. The molecule has 0 aromatic carbocycles. The Kier molecular flexibility index (Phi) is 10.7. The van der Waals surface area contributed by atoms with Crippen LogP contribution in [0.4, 0.5) is 0 Å². The van der Waals surface area contributed by atoms with Gasteiger partial charge in [0.25, 0.3) is 0 Å². The number of amidine groups is 1. The van der Waals surface area contributed by atoms with Crippen LogP contribution in [0.3, 0.4) is 0 Å². The molecule has 0 aliphatic heterocycles. The summed E-state index contributed by atoms with van der Waals surface area (Å²) in [6.45, 7) is 9.34. The number of hydrogen-bond donors (Lipinski definition) is 2. The zero-order valence-corrected chi connectivity index (χ0v) is 8.09. The molecule has 0 saturated carbocycles. The minimum atomic E-state index is 0.0839. The molecule has 0 rings (SSSR count). The maximum atomic E-state index is 7.05. The van der Waals surface area contributed by atoms with Crippen LogP contribution in [0.15, 0.2) is 36.5 Å². The number of nitrogens with two attached hydrogens (primary N) is 1. The highest BCUT2D eigenvalue weighted by atomic mass is 14.7. The first-order valence-electron chi connectivity index (χ1n) is 4.02. The third-order valence-corrected chi connectivity index (χ3v) is 1.03. The van der Waals surface area contributed by atoms with Crippen LogP contribution >= 0.6 is 0 Å². The van der Waals surface area contributed by atoms with E-state index in [1.165, 1.54) is 0 Å². The second-order valence-corrected chi connectivity index (χ2v) is 1.75. The van der Waals surface area contributed by atoms with Gasteiger partial charge in [-0.25, -0.2) is 0 Å². The highest BCUT2D eigenvalue weighted by molar-refractivity contribution is 5.96. The molecule has 12 heavy (non-hydrogen) atoms. The molecule has 0 radical (unpaired) electrons. The first-order chi connectivity index (χ1) is 5.72. The molecule has 0 unspecified atom stereocenters. The number of hydrogen-bond acceptors (Lipinski definition) is 1. The molecule has 68 valence electrons. The van der Waals surface area contributed by atoms with Gasteiger partial charge in [0.15, 0.2) is 0 Å². The van der Waals surface area contributed by atoms with E-state index in [2.05, 4.69) is 6.58 Å². The summed E-state index contributed by atoms with van der Waals surface area (Å²) < 4.78 is 0. The maximum Gasteiger partial charge on any atom is 0.122 e. The van der Waals surface area contributed by atoms with Crippen LogP contribution in [-0.2, 0) is 0 Å². The molecule has 0 aromatic heterocycles. The number of nitrogens with one attached hydrogen (secondary N) is 1. The molecular weight excluding hydrogens is 148 g/mol. The minimum absolute atomic E-state index is 0.0839. The van der Waals surface area contributed by atoms with E-state index in [0.717, 1.165) is 5.57 Å². The van der Waals surface area contributed by atoms with Crippen molar-refractivity contribution in [2.24, 2.45) is 5.73 Å². The highest BCUT2D eigenvalue weighted by Crippen LogP contribution is 1.94. The lowest BCUT2D eigenvalue weighted by molar-refractivity contribution is 1.42. The van der Waals surface area contributed by atoms with Gasteiger partial charge in [-0.15, -0.1) is 0 Å². The van der Waals surface area contributed by atoms with Crippen LogP contribution in [0.5, 0.6) is 0 Å². The Morgan fingerprint density at radius 1 is 1.42 bits per heavy atom. The molecule has 3 N–H and O–H groups in total. The summed E-state index contributed by atoms with van der Waals surface area (Å²) in [5.74, 6) is 0.0839. The second-order valence-electron chi connectivity index (χ2n) is 1.75. The molecule has 0 spiro atoms. The van der Waals surface area contributed by atoms with Gasteiger partial charge < -0.3 is 5.73 Å². The van der Waals surface area contributed by atoms with E-state index in [0.29, 0.717) is 0 Å². The van der Waals surface area contributed by atoms with E-state index in [1.54, 1.807) is 24.3 Å². The fraction of sp³-hybridized carbons (Fsp3) is 0.300. The standard InChI is InChI=1S/C8H12N2.C2H6/c1-3-5-6-7(4-2)8(9)10;1-2/h3-6H,1H2,2H3,(H3,9,10);1-2H3/b6-5-,7-4+;. The molecule has 0 bridgehead atoms. The molecule has 0 saturated heterocycles. The average molecular weight is 166 g/mol. The van der Waals surface area contributed by atoms with Crippen molar-refractivity contribution in [3.63, 3.8) is 0 Å². The van der Waals surface area contributed by atoms with E-state index < -0.39 is 0 Å².